The lowest BCUT2D eigenvalue weighted by molar-refractivity contribution is 0.104. The van der Waals surface area contributed by atoms with Gasteiger partial charge in [0.05, 0.1) is 11.3 Å². The Morgan fingerprint density at radius 2 is 1.80 bits per heavy atom. The van der Waals surface area contributed by atoms with Crippen molar-refractivity contribution in [3.63, 3.8) is 0 Å². The van der Waals surface area contributed by atoms with Gasteiger partial charge in [-0.05, 0) is 64.3 Å². The second-order valence-corrected chi connectivity index (χ2v) is 7.36. The standard InChI is InChI=1S/C21H29N3O/c1-14-13-18(16(3)24(14)19-9-7-6-8-10-19)11-12-20(25)21-15(2)22-23(5)17(21)4/h11-13,19H,6-10H2,1-5H3/b12-11+. The van der Waals surface area contributed by atoms with Crippen molar-refractivity contribution in [3.05, 3.63) is 46.0 Å². The molecule has 2 heterocycles. The van der Waals surface area contributed by atoms with E-state index in [2.05, 4.69) is 29.6 Å². The van der Waals surface area contributed by atoms with Crippen molar-refractivity contribution >= 4 is 11.9 Å². The molecule has 0 aliphatic heterocycles. The number of allylic oxidation sites excluding steroid dienone is 1. The number of aromatic nitrogens is 3. The summed E-state index contributed by atoms with van der Waals surface area (Å²) in [6.45, 7) is 8.18. The summed E-state index contributed by atoms with van der Waals surface area (Å²) in [7, 11) is 1.88. The lowest BCUT2D eigenvalue weighted by Crippen LogP contribution is -2.15. The second kappa shape index (κ2) is 7.03. The van der Waals surface area contributed by atoms with E-state index in [0.29, 0.717) is 6.04 Å². The maximum atomic E-state index is 12.6. The lowest BCUT2D eigenvalue weighted by Gasteiger charge is -2.26. The molecule has 1 fully saturated rings. The minimum atomic E-state index is 0.0329. The molecule has 1 saturated carbocycles. The van der Waals surface area contributed by atoms with Crippen LogP contribution in [0.15, 0.2) is 12.1 Å². The van der Waals surface area contributed by atoms with Gasteiger partial charge in [0.2, 0.25) is 0 Å². The molecule has 2 aromatic heterocycles. The fraction of sp³-hybridized carbons (Fsp3) is 0.524. The second-order valence-electron chi connectivity index (χ2n) is 7.36. The predicted octanol–water partition coefficient (Wildman–Crippen LogP) is 4.86. The molecular formula is C21H29N3O. The van der Waals surface area contributed by atoms with Gasteiger partial charge in [-0.25, -0.2) is 0 Å². The fourth-order valence-corrected chi connectivity index (χ4v) is 4.25. The van der Waals surface area contributed by atoms with E-state index in [1.165, 1.54) is 43.5 Å². The third kappa shape index (κ3) is 3.35. The fourth-order valence-electron chi connectivity index (χ4n) is 4.25. The van der Waals surface area contributed by atoms with Crippen molar-refractivity contribution in [3.8, 4) is 0 Å². The summed E-state index contributed by atoms with van der Waals surface area (Å²) in [4.78, 5) is 12.6. The molecule has 1 aliphatic carbocycles. The quantitative estimate of drug-likeness (QED) is 0.590. The summed E-state index contributed by atoms with van der Waals surface area (Å²) in [5.74, 6) is 0.0329. The lowest BCUT2D eigenvalue weighted by atomic mass is 9.95. The van der Waals surface area contributed by atoms with Crippen LogP contribution >= 0.6 is 0 Å². The Hall–Kier alpha value is -2.10. The van der Waals surface area contributed by atoms with Crippen molar-refractivity contribution in [1.29, 1.82) is 0 Å². The van der Waals surface area contributed by atoms with Gasteiger partial charge in [-0.2, -0.15) is 5.10 Å². The number of nitrogens with zero attached hydrogens (tertiary/aromatic N) is 3. The molecule has 4 nitrogen and oxygen atoms in total. The molecule has 0 unspecified atom stereocenters. The van der Waals surface area contributed by atoms with Crippen LogP contribution in [0.4, 0.5) is 0 Å². The van der Waals surface area contributed by atoms with Crippen LogP contribution in [0.25, 0.3) is 6.08 Å². The Balaban J connectivity index is 1.85. The van der Waals surface area contributed by atoms with Crippen LogP contribution in [0.2, 0.25) is 0 Å². The van der Waals surface area contributed by atoms with Gasteiger partial charge in [-0.1, -0.05) is 19.3 Å². The van der Waals surface area contributed by atoms with E-state index in [-0.39, 0.29) is 5.78 Å². The maximum absolute atomic E-state index is 12.6. The zero-order chi connectivity index (χ0) is 18.1. The highest BCUT2D eigenvalue weighted by molar-refractivity contribution is 6.08. The molecule has 0 aromatic carbocycles. The number of rotatable bonds is 4. The first-order valence-corrected chi connectivity index (χ1v) is 9.31. The van der Waals surface area contributed by atoms with Crippen LogP contribution in [0.1, 0.15) is 76.8 Å². The van der Waals surface area contributed by atoms with Gasteiger partial charge in [0.1, 0.15) is 0 Å². The van der Waals surface area contributed by atoms with Gasteiger partial charge < -0.3 is 4.57 Å². The third-order valence-corrected chi connectivity index (χ3v) is 5.63. The summed E-state index contributed by atoms with van der Waals surface area (Å²) >= 11 is 0. The zero-order valence-corrected chi connectivity index (χ0v) is 16.1. The van der Waals surface area contributed by atoms with Gasteiger partial charge in [0, 0.05) is 30.2 Å². The van der Waals surface area contributed by atoms with Crippen LogP contribution in [0.5, 0.6) is 0 Å². The van der Waals surface area contributed by atoms with Gasteiger partial charge in [-0.15, -0.1) is 0 Å². The average molecular weight is 339 g/mol. The normalized spacial score (nSPS) is 16.0. The van der Waals surface area contributed by atoms with Crippen molar-refractivity contribution in [1.82, 2.24) is 14.3 Å². The molecule has 3 rings (SSSR count). The predicted molar refractivity (Wildman–Crippen MR) is 102 cm³/mol. The molecule has 25 heavy (non-hydrogen) atoms. The Bertz CT molecular complexity index is 817. The van der Waals surface area contributed by atoms with E-state index < -0.39 is 0 Å². The first-order valence-electron chi connectivity index (χ1n) is 9.31. The van der Waals surface area contributed by atoms with E-state index in [1.807, 2.05) is 27.0 Å². The number of aryl methyl sites for hydroxylation is 3. The largest absolute Gasteiger partial charge is 0.346 e. The van der Waals surface area contributed by atoms with Gasteiger partial charge in [-0.3, -0.25) is 9.48 Å². The van der Waals surface area contributed by atoms with Gasteiger partial charge >= 0.3 is 0 Å². The maximum Gasteiger partial charge on any atom is 0.189 e. The molecule has 2 aromatic rings. The van der Waals surface area contributed by atoms with Crippen molar-refractivity contribution in [2.45, 2.75) is 65.8 Å². The number of hydrogen-bond acceptors (Lipinski definition) is 2. The third-order valence-electron chi connectivity index (χ3n) is 5.63. The monoisotopic (exact) mass is 339 g/mol. The molecule has 134 valence electrons. The molecule has 0 saturated heterocycles. The molecule has 0 amide bonds. The van der Waals surface area contributed by atoms with Gasteiger partial charge in [0.15, 0.2) is 5.78 Å². The minimum absolute atomic E-state index is 0.0329. The number of hydrogen-bond donors (Lipinski definition) is 0. The highest BCUT2D eigenvalue weighted by atomic mass is 16.1. The van der Waals surface area contributed by atoms with Crippen molar-refractivity contribution in [2.24, 2.45) is 7.05 Å². The first kappa shape index (κ1) is 17.7. The van der Waals surface area contributed by atoms with Crippen molar-refractivity contribution < 1.29 is 4.79 Å². The molecule has 1 aliphatic rings. The van der Waals surface area contributed by atoms with E-state index in [9.17, 15) is 4.79 Å². The van der Waals surface area contributed by atoms with E-state index in [0.717, 1.165) is 22.5 Å². The van der Waals surface area contributed by atoms with E-state index in [1.54, 1.807) is 10.8 Å². The minimum Gasteiger partial charge on any atom is -0.346 e. The SMILES string of the molecule is Cc1nn(C)c(C)c1C(=O)/C=C/c1cc(C)n(C2CCCCC2)c1C. The first-order chi connectivity index (χ1) is 11.9. The van der Waals surface area contributed by atoms with Crippen molar-refractivity contribution in [2.75, 3.05) is 0 Å². The van der Waals surface area contributed by atoms with Crippen LogP contribution in [0, 0.1) is 27.7 Å². The molecule has 0 N–H and O–H groups in total. The van der Waals surface area contributed by atoms with Crippen LogP contribution < -0.4 is 0 Å². The number of carbonyl (C=O) groups is 1. The Morgan fingerprint density at radius 3 is 2.40 bits per heavy atom. The van der Waals surface area contributed by atoms with Crippen LogP contribution in [0.3, 0.4) is 0 Å². The highest BCUT2D eigenvalue weighted by Crippen LogP contribution is 2.32. The molecular weight excluding hydrogens is 310 g/mol. The molecule has 4 heteroatoms. The number of carbonyl (C=O) groups excluding carboxylic acids is 1. The highest BCUT2D eigenvalue weighted by Gasteiger charge is 2.20. The van der Waals surface area contributed by atoms with Gasteiger partial charge in [0.25, 0.3) is 0 Å². The molecule has 0 spiro atoms. The van der Waals surface area contributed by atoms with Crippen LogP contribution in [-0.4, -0.2) is 20.1 Å². The molecule has 0 atom stereocenters. The summed E-state index contributed by atoms with van der Waals surface area (Å²) in [5.41, 5.74) is 6.15. The van der Waals surface area contributed by atoms with E-state index >= 15 is 0 Å². The molecule has 0 radical (unpaired) electrons. The van der Waals surface area contributed by atoms with E-state index in [4.69, 9.17) is 0 Å². The topological polar surface area (TPSA) is 39.8 Å². The number of ketones is 1. The Labute approximate surface area is 150 Å². The summed E-state index contributed by atoms with van der Waals surface area (Å²) in [6, 6.07) is 2.82. The Kier molecular flexibility index (Phi) is 4.98. The van der Waals surface area contributed by atoms with Crippen LogP contribution in [-0.2, 0) is 7.05 Å². The Morgan fingerprint density at radius 1 is 1.12 bits per heavy atom. The summed E-state index contributed by atoms with van der Waals surface area (Å²) < 4.78 is 4.25. The smallest absolute Gasteiger partial charge is 0.189 e. The summed E-state index contributed by atoms with van der Waals surface area (Å²) in [6.07, 6.45) is 10.2. The summed E-state index contributed by atoms with van der Waals surface area (Å²) in [5, 5.41) is 4.34. The average Bonchev–Trinajstić information content (AvgIpc) is 3.01. The molecule has 0 bridgehead atoms. The zero-order valence-electron chi connectivity index (χ0n) is 16.1.